The number of rotatable bonds is 6. The van der Waals surface area contributed by atoms with E-state index in [1.54, 1.807) is 29.8 Å². The highest BCUT2D eigenvalue weighted by molar-refractivity contribution is 6.12. The minimum Gasteiger partial charge on any atom is -0.322 e. The van der Waals surface area contributed by atoms with Crippen molar-refractivity contribution in [1.82, 2.24) is 34.7 Å². The van der Waals surface area contributed by atoms with Gasteiger partial charge in [-0.15, -0.1) is 5.10 Å². The largest absolute Gasteiger partial charge is 0.330 e. The van der Waals surface area contributed by atoms with Gasteiger partial charge in [0.1, 0.15) is 0 Å². The first-order chi connectivity index (χ1) is 16.7. The average Bonchev–Trinajstić information content (AvgIpc) is 3.58. The fourth-order valence-corrected chi connectivity index (χ4v) is 4.16. The zero-order chi connectivity index (χ0) is 24.9. The number of aromatic amines is 1. The van der Waals surface area contributed by atoms with Gasteiger partial charge in [0.15, 0.2) is 11.5 Å². The molecule has 5 rings (SSSR count). The molecule has 1 amide bonds. The molecule has 4 aromatic rings. The summed E-state index contributed by atoms with van der Waals surface area (Å²) in [5, 5.41) is 14.6. The third-order valence-electron chi connectivity index (χ3n) is 6.08. The van der Waals surface area contributed by atoms with Crippen molar-refractivity contribution in [3.05, 3.63) is 67.7 Å². The number of pyridine rings is 1. The zero-order valence-electron chi connectivity index (χ0n) is 20.0. The highest BCUT2D eigenvalue weighted by atomic mass is 16.2. The number of tetrazole rings is 1. The topological polar surface area (TPSA) is 140 Å². The predicted molar refractivity (Wildman–Crippen MR) is 130 cm³/mol. The minimum atomic E-state index is -0.626. The highest BCUT2D eigenvalue weighted by Gasteiger charge is 2.29. The van der Waals surface area contributed by atoms with Crippen LogP contribution in [0.1, 0.15) is 60.0 Å². The van der Waals surface area contributed by atoms with E-state index in [0.29, 0.717) is 18.1 Å². The van der Waals surface area contributed by atoms with Crippen LogP contribution in [-0.4, -0.2) is 40.6 Å². The fraction of sp³-hybridized carbons (Fsp3) is 0.375. The lowest BCUT2D eigenvalue weighted by atomic mass is 10.1. The fourth-order valence-electron chi connectivity index (χ4n) is 4.16. The molecule has 0 unspecified atom stereocenters. The van der Waals surface area contributed by atoms with Gasteiger partial charge >= 0.3 is 5.69 Å². The molecular formula is C24H26N8O3. The van der Waals surface area contributed by atoms with Gasteiger partial charge in [-0.1, -0.05) is 19.9 Å². The van der Waals surface area contributed by atoms with E-state index in [2.05, 4.69) is 30.8 Å². The van der Waals surface area contributed by atoms with Gasteiger partial charge in [0.2, 0.25) is 0 Å². The maximum atomic E-state index is 13.5. The molecule has 2 N–H and O–H groups in total. The summed E-state index contributed by atoms with van der Waals surface area (Å²) in [7, 11) is 0. The number of aromatic nitrogens is 7. The summed E-state index contributed by atoms with van der Waals surface area (Å²) < 4.78 is 3.04. The van der Waals surface area contributed by atoms with E-state index >= 15 is 0 Å². The Morgan fingerprint density at radius 1 is 1.20 bits per heavy atom. The Bertz CT molecular complexity index is 1580. The molecule has 0 bridgehead atoms. The van der Waals surface area contributed by atoms with Crippen LogP contribution in [0.25, 0.3) is 16.7 Å². The van der Waals surface area contributed by atoms with Crippen LogP contribution in [0.15, 0.2) is 33.9 Å². The molecule has 0 saturated heterocycles. The lowest BCUT2D eigenvalue weighted by Crippen LogP contribution is -2.33. The molecular weight excluding hydrogens is 448 g/mol. The molecule has 1 aliphatic carbocycles. The van der Waals surface area contributed by atoms with E-state index < -0.39 is 17.2 Å². The number of fused-ring (bicyclic) bond motifs is 1. The molecule has 1 aliphatic rings. The van der Waals surface area contributed by atoms with Crippen molar-refractivity contribution in [2.24, 2.45) is 5.92 Å². The van der Waals surface area contributed by atoms with E-state index in [9.17, 15) is 14.4 Å². The molecule has 180 valence electrons. The molecule has 1 fully saturated rings. The lowest BCUT2D eigenvalue weighted by Gasteiger charge is -2.15. The number of nitrogens with zero attached hydrogens (tertiary/aromatic N) is 6. The first kappa shape index (κ1) is 22.6. The van der Waals surface area contributed by atoms with Crippen LogP contribution >= 0.6 is 0 Å². The molecule has 0 atom stereocenters. The van der Waals surface area contributed by atoms with E-state index in [1.165, 1.54) is 4.57 Å². The Balaban J connectivity index is 1.62. The van der Waals surface area contributed by atoms with E-state index in [4.69, 9.17) is 0 Å². The highest BCUT2D eigenvalue weighted by Crippen LogP contribution is 2.40. The zero-order valence-corrected chi connectivity index (χ0v) is 20.0. The molecule has 0 spiro atoms. The van der Waals surface area contributed by atoms with Gasteiger partial charge in [-0.25, -0.2) is 9.78 Å². The number of benzene rings is 1. The molecule has 11 heteroatoms. The number of aryl methyl sites for hydroxylation is 2. The van der Waals surface area contributed by atoms with Crippen molar-refractivity contribution in [3.8, 4) is 5.69 Å². The van der Waals surface area contributed by atoms with Gasteiger partial charge in [0.25, 0.3) is 11.5 Å². The second-order valence-electron chi connectivity index (χ2n) is 9.42. The summed E-state index contributed by atoms with van der Waals surface area (Å²) >= 11 is 0. The molecule has 0 radical (unpaired) electrons. The monoisotopic (exact) mass is 474 g/mol. The maximum absolute atomic E-state index is 13.5. The van der Waals surface area contributed by atoms with Gasteiger partial charge < -0.3 is 5.32 Å². The van der Waals surface area contributed by atoms with E-state index in [1.807, 2.05) is 26.8 Å². The number of carbonyl (C=O) groups excluding carboxylic acids is 1. The number of hydrogen-bond acceptors (Lipinski definition) is 7. The van der Waals surface area contributed by atoms with Crippen molar-refractivity contribution in [3.63, 3.8) is 0 Å². The number of hydrogen-bond donors (Lipinski definition) is 2. The van der Waals surface area contributed by atoms with Crippen molar-refractivity contribution < 1.29 is 4.79 Å². The minimum absolute atomic E-state index is 0.107. The van der Waals surface area contributed by atoms with Gasteiger partial charge in [-0.2, -0.15) is 4.68 Å². The molecule has 35 heavy (non-hydrogen) atoms. The molecule has 1 aromatic carbocycles. The number of amides is 1. The summed E-state index contributed by atoms with van der Waals surface area (Å²) in [6.45, 7) is 8.04. The summed E-state index contributed by atoms with van der Waals surface area (Å²) in [4.78, 5) is 46.0. The number of anilines is 1. The van der Waals surface area contributed by atoms with Gasteiger partial charge in [-0.05, 0) is 66.8 Å². The Morgan fingerprint density at radius 2 is 1.97 bits per heavy atom. The van der Waals surface area contributed by atoms with Crippen molar-refractivity contribution >= 4 is 22.6 Å². The quantitative estimate of drug-likeness (QED) is 0.437. The van der Waals surface area contributed by atoms with Crippen LogP contribution < -0.4 is 16.6 Å². The van der Waals surface area contributed by atoms with Crippen LogP contribution in [0.3, 0.4) is 0 Å². The lowest BCUT2D eigenvalue weighted by molar-refractivity contribution is 0.102. The summed E-state index contributed by atoms with van der Waals surface area (Å²) in [5.41, 5.74) is 2.19. The summed E-state index contributed by atoms with van der Waals surface area (Å²) in [6.07, 6.45) is 1.92. The SMILES string of the molecule is Cc1ccc(NC(=O)c2cc(C3CC3)nc3c2c(=O)[nH]c(=O)n3CC(C)C)cc1-n1nnnc1C. The number of nitrogens with one attached hydrogen (secondary N) is 2. The Kier molecular flexibility index (Phi) is 5.54. The van der Waals surface area contributed by atoms with Crippen LogP contribution in [0.5, 0.6) is 0 Å². The third-order valence-corrected chi connectivity index (χ3v) is 6.08. The smallest absolute Gasteiger partial charge is 0.322 e. The van der Waals surface area contributed by atoms with Crippen LogP contribution in [-0.2, 0) is 6.54 Å². The van der Waals surface area contributed by atoms with Crippen molar-refractivity contribution in [2.75, 3.05) is 5.32 Å². The number of H-pyrrole nitrogens is 1. The van der Waals surface area contributed by atoms with Crippen LogP contribution in [0.2, 0.25) is 0 Å². The molecule has 1 saturated carbocycles. The third kappa shape index (κ3) is 4.25. The van der Waals surface area contributed by atoms with Gasteiger partial charge in [-0.3, -0.25) is 19.1 Å². The maximum Gasteiger partial charge on any atom is 0.330 e. The Labute approximate surface area is 200 Å². The normalized spacial score (nSPS) is 13.5. The van der Waals surface area contributed by atoms with Crippen molar-refractivity contribution in [1.29, 1.82) is 0 Å². The summed E-state index contributed by atoms with van der Waals surface area (Å²) in [5.74, 6) is 0.524. The van der Waals surface area contributed by atoms with Crippen molar-refractivity contribution in [2.45, 2.75) is 53.0 Å². The molecule has 0 aliphatic heterocycles. The van der Waals surface area contributed by atoms with E-state index in [0.717, 1.165) is 29.8 Å². The average molecular weight is 475 g/mol. The van der Waals surface area contributed by atoms with E-state index in [-0.39, 0.29) is 28.4 Å². The first-order valence-electron chi connectivity index (χ1n) is 11.6. The van der Waals surface area contributed by atoms with Gasteiger partial charge in [0, 0.05) is 23.8 Å². The van der Waals surface area contributed by atoms with Gasteiger partial charge in [0.05, 0.1) is 16.6 Å². The summed E-state index contributed by atoms with van der Waals surface area (Å²) in [6, 6.07) is 7.09. The Morgan fingerprint density at radius 3 is 2.63 bits per heavy atom. The first-order valence-corrected chi connectivity index (χ1v) is 11.6. The second kappa shape index (κ2) is 8.57. The molecule has 11 nitrogen and oxygen atoms in total. The second-order valence-corrected chi connectivity index (χ2v) is 9.42. The van der Waals surface area contributed by atoms with Crippen LogP contribution in [0, 0.1) is 19.8 Å². The Hall–Kier alpha value is -4.15. The predicted octanol–water partition coefficient (Wildman–Crippen LogP) is 2.46. The number of carbonyl (C=O) groups is 1. The van der Waals surface area contributed by atoms with Crippen LogP contribution in [0.4, 0.5) is 5.69 Å². The molecule has 3 heterocycles. The standard InChI is InChI=1S/C24H26N8O3/c1-12(2)11-31-21-20(23(34)27-24(31)35)17(10-18(26-21)15-6-7-15)22(33)25-16-8-5-13(3)19(9-16)32-14(4)28-29-30-32/h5,8-10,12,15H,6-7,11H2,1-4H3,(H,25,33)(H,27,34,35). The molecule has 3 aromatic heterocycles.